The summed E-state index contributed by atoms with van der Waals surface area (Å²) in [6.07, 6.45) is 1.20. The second-order valence-corrected chi connectivity index (χ2v) is 13.4. The minimum absolute atomic E-state index is 0.145. The first-order valence-electron chi connectivity index (χ1n) is 17.5. The third kappa shape index (κ3) is 6.23. The van der Waals surface area contributed by atoms with Crippen LogP contribution >= 0.6 is 11.6 Å². The lowest BCUT2D eigenvalue weighted by atomic mass is 9.97. The average Bonchev–Trinajstić information content (AvgIpc) is 3.96. The number of nitrogens with zero attached hydrogens (tertiary/aromatic N) is 2. The molecule has 0 unspecified atom stereocenters. The zero-order valence-corrected chi connectivity index (χ0v) is 30.1. The Morgan fingerprint density at radius 2 is 1.75 bits per heavy atom. The normalized spacial score (nSPS) is 13.8. The van der Waals surface area contributed by atoms with Crippen molar-refractivity contribution < 1.29 is 23.5 Å². The van der Waals surface area contributed by atoms with E-state index in [1.807, 2.05) is 61.7 Å². The van der Waals surface area contributed by atoms with Gasteiger partial charge in [0.2, 0.25) is 0 Å². The number of aromatic amines is 2. The first-order chi connectivity index (χ1) is 25.7. The lowest BCUT2D eigenvalue weighted by molar-refractivity contribution is 0.0981. The number of ether oxygens (including phenoxy) is 1. The smallest absolute Gasteiger partial charge is 0.417 e. The number of alkyl halides is 1. The maximum absolute atomic E-state index is 14.3. The van der Waals surface area contributed by atoms with E-state index in [0.717, 1.165) is 51.6 Å². The van der Waals surface area contributed by atoms with Crippen molar-refractivity contribution in [1.82, 2.24) is 9.97 Å². The monoisotopic (exact) mass is 728 g/mol. The van der Waals surface area contributed by atoms with Crippen molar-refractivity contribution in [3.8, 4) is 5.75 Å². The molecular formula is C41H37ClN6O5. The van der Waals surface area contributed by atoms with Crippen molar-refractivity contribution in [3.05, 3.63) is 114 Å². The van der Waals surface area contributed by atoms with Crippen LogP contribution in [0.25, 0.3) is 32.8 Å². The van der Waals surface area contributed by atoms with Crippen LogP contribution in [0.15, 0.2) is 95.5 Å². The highest BCUT2D eigenvalue weighted by molar-refractivity contribution is 6.19. The number of amides is 3. The Bertz CT molecular complexity index is 2530. The number of hydrogen-bond acceptors (Lipinski definition) is 6. The van der Waals surface area contributed by atoms with Gasteiger partial charge in [0.25, 0.3) is 11.8 Å². The number of carbonyl (C=O) groups excluding carboxylic acids is 3. The van der Waals surface area contributed by atoms with E-state index in [4.69, 9.17) is 20.8 Å². The fraction of sp³-hybridized carbons (Fsp3) is 0.195. The summed E-state index contributed by atoms with van der Waals surface area (Å²) >= 11 is 6.51. The van der Waals surface area contributed by atoms with Gasteiger partial charge >= 0.3 is 6.09 Å². The van der Waals surface area contributed by atoms with Crippen molar-refractivity contribution in [3.63, 3.8) is 0 Å². The average molecular weight is 729 g/mol. The van der Waals surface area contributed by atoms with Gasteiger partial charge in [-0.1, -0.05) is 18.2 Å². The van der Waals surface area contributed by atoms with Gasteiger partial charge in [0.05, 0.1) is 11.2 Å². The number of furan rings is 1. The first kappa shape index (κ1) is 33.9. The van der Waals surface area contributed by atoms with Gasteiger partial charge in [-0.2, -0.15) is 0 Å². The predicted molar refractivity (Wildman–Crippen MR) is 210 cm³/mol. The van der Waals surface area contributed by atoms with Crippen LogP contribution in [0.4, 0.5) is 27.5 Å². The number of fused-ring (bicyclic) bond motifs is 5. The summed E-state index contributed by atoms with van der Waals surface area (Å²) in [5, 5.41) is 8.14. The number of rotatable bonds is 9. The molecule has 0 aliphatic carbocycles. The van der Waals surface area contributed by atoms with Crippen LogP contribution in [0.1, 0.15) is 51.9 Å². The second kappa shape index (κ2) is 13.7. The van der Waals surface area contributed by atoms with Crippen molar-refractivity contribution in [2.75, 3.05) is 45.9 Å². The van der Waals surface area contributed by atoms with E-state index < -0.39 is 6.09 Å². The van der Waals surface area contributed by atoms with Gasteiger partial charge in [-0.05, 0) is 86.5 Å². The number of H-pyrrole nitrogens is 2. The lowest BCUT2D eigenvalue weighted by Gasteiger charge is -2.20. The number of nitrogens with one attached hydrogen (secondary N) is 4. The van der Waals surface area contributed by atoms with Gasteiger partial charge in [0, 0.05) is 88.5 Å². The quantitative estimate of drug-likeness (QED) is 0.109. The number of benzene rings is 4. The van der Waals surface area contributed by atoms with Crippen molar-refractivity contribution in [2.24, 2.45) is 0 Å². The fourth-order valence-corrected chi connectivity index (χ4v) is 7.51. The molecule has 268 valence electrons. The molecule has 0 radical (unpaired) electrons. The van der Waals surface area contributed by atoms with Gasteiger partial charge in [-0.3, -0.25) is 14.9 Å². The molecule has 8 rings (SSSR count). The molecule has 53 heavy (non-hydrogen) atoms. The van der Waals surface area contributed by atoms with Gasteiger partial charge in [-0.25, -0.2) is 4.79 Å². The number of para-hydroxylation sites is 1. The number of hydrogen-bond donors (Lipinski definition) is 4. The summed E-state index contributed by atoms with van der Waals surface area (Å²) in [4.78, 5) is 50.9. The van der Waals surface area contributed by atoms with E-state index in [9.17, 15) is 14.4 Å². The Morgan fingerprint density at radius 1 is 0.943 bits per heavy atom. The molecule has 12 heteroatoms. The van der Waals surface area contributed by atoms with E-state index >= 15 is 0 Å². The van der Waals surface area contributed by atoms with Crippen LogP contribution in [-0.2, 0) is 0 Å². The van der Waals surface area contributed by atoms with E-state index in [0.29, 0.717) is 52.0 Å². The van der Waals surface area contributed by atoms with E-state index in [2.05, 4.69) is 39.3 Å². The summed E-state index contributed by atoms with van der Waals surface area (Å²) in [5.74, 6) is 0.00488. The maximum atomic E-state index is 14.3. The van der Waals surface area contributed by atoms with Crippen LogP contribution in [0, 0.1) is 6.92 Å². The topological polar surface area (TPSA) is 136 Å². The number of carbonyl (C=O) groups is 3. The van der Waals surface area contributed by atoms with Gasteiger partial charge in [-0.15, -0.1) is 11.6 Å². The summed E-state index contributed by atoms with van der Waals surface area (Å²) in [6, 6.07) is 25.6. The third-order valence-electron chi connectivity index (χ3n) is 9.86. The highest BCUT2D eigenvalue weighted by Crippen LogP contribution is 2.47. The van der Waals surface area contributed by atoms with E-state index in [1.165, 1.54) is 0 Å². The molecule has 0 spiro atoms. The number of halogens is 1. The molecule has 7 aromatic rings. The number of aromatic nitrogens is 2. The van der Waals surface area contributed by atoms with E-state index in [1.54, 1.807) is 41.3 Å². The summed E-state index contributed by atoms with van der Waals surface area (Å²) in [7, 11) is 0. The highest BCUT2D eigenvalue weighted by atomic mass is 35.5. The fourth-order valence-electron chi connectivity index (χ4n) is 7.26. The molecule has 0 fully saturated rings. The van der Waals surface area contributed by atoms with Crippen LogP contribution in [0.5, 0.6) is 5.75 Å². The van der Waals surface area contributed by atoms with E-state index in [-0.39, 0.29) is 23.5 Å². The van der Waals surface area contributed by atoms with Crippen molar-refractivity contribution in [1.29, 1.82) is 0 Å². The molecule has 11 nitrogen and oxygen atoms in total. The molecule has 0 saturated heterocycles. The van der Waals surface area contributed by atoms with Crippen LogP contribution in [0.2, 0.25) is 0 Å². The molecule has 3 aromatic heterocycles. The summed E-state index contributed by atoms with van der Waals surface area (Å²) < 4.78 is 11.8. The largest absolute Gasteiger partial charge is 0.451 e. The van der Waals surface area contributed by atoms with Gasteiger partial charge in [0.1, 0.15) is 11.3 Å². The predicted octanol–water partition coefficient (Wildman–Crippen LogP) is 9.40. The van der Waals surface area contributed by atoms with Crippen LogP contribution in [0.3, 0.4) is 0 Å². The molecule has 1 atom stereocenters. The second-order valence-electron chi connectivity index (χ2n) is 13.1. The standard InChI is InChI=1S/C41H37ClN6O5/c1-4-47(5-2)29-13-11-24-17-35(52-33(24)18-29)39(49)44-28-12-14-30-25(15-28)16-31(46-30)40(50)48-22-26(20-42)37-32(48)19-34(38-36(37)23(3)21-43-38)53-41(51)45-27-9-7-6-8-10-27/h6-19,21,26,43,46H,4-5,20,22H2,1-3H3,(H,44,49)(H,45,51)/t26-/m1/s1. The Labute approximate surface area is 309 Å². The zero-order chi connectivity index (χ0) is 36.8. The Balaban J connectivity index is 1.05. The number of anilines is 4. The zero-order valence-electron chi connectivity index (χ0n) is 29.4. The Kier molecular flexibility index (Phi) is 8.79. The van der Waals surface area contributed by atoms with Gasteiger partial charge in [0.15, 0.2) is 11.5 Å². The molecule has 1 aliphatic heterocycles. The minimum Gasteiger partial charge on any atom is -0.451 e. The molecule has 0 bridgehead atoms. The summed E-state index contributed by atoms with van der Waals surface area (Å²) in [6.45, 7) is 8.25. The summed E-state index contributed by atoms with van der Waals surface area (Å²) in [5.41, 5.74) is 7.07. The molecule has 4 N–H and O–H groups in total. The third-order valence-corrected chi connectivity index (χ3v) is 10.2. The van der Waals surface area contributed by atoms with Crippen LogP contribution in [-0.4, -0.2) is 53.4 Å². The molecule has 0 saturated carbocycles. The lowest BCUT2D eigenvalue weighted by Crippen LogP contribution is -2.30. The molecule has 4 aromatic carbocycles. The Morgan fingerprint density at radius 3 is 2.53 bits per heavy atom. The van der Waals surface area contributed by atoms with Crippen molar-refractivity contribution in [2.45, 2.75) is 26.7 Å². The molecule has 3 amide bonds. The Hall–Kier alpha value is -6.20. The maximum Gasteiger partial charge on any atom is 0.417 e. The number of aryl methyl sites for hydroxylation is 1. The molecule has 4 heterocycles. The van der Waals surface area contributed by atoms with Crippen molar-refractivity contribution >= 4 is 85.0 Å². The minimum atomic E-state index is -0.655. The van der Waals surface area contributed by atoms with Gasteiger partial charge < -0.3 is 34.2 Å². The van der Waals surface area contributed by atoms with Crippen LogP contribution < -0.4 is 25.2 Å². The molecular weight excluding hydrogens is 692 g/mol. The first-order valence-corrected chi connectivity index (χ1v) is 18.1. The SMILES string of the molecule is CCN(CC)c1ccc2cc(C(=O)Nc3ccc4[nH]c(C(=O)N5C[C@@H](CCl)c6c5cc(OC(=O)Nc5ccccc5)c5[nH]cc(C)c65)cc4c3)oc2c1. The molecule has 1 aliphatic rings. The highest BCUT2D eigenvalue weighted by Gasteiger charge is 2.37.